The fourth-order valence-electron chi connectivity index (χ4n) is 1.54. The van der Waals surface area contributed by atoms with Crippen molar-refractivity contribution in [2.45, 2.75) is 18.5 Å². The van der Waals surface area contributed by atoms with Crippen molar-refractivity contribution in [1.29, 1.82) is 0 Å². The molecule has 0 bridgehead atoms. The van der Waals surface area contributed by atoms with Gasteiger partial charge >= 0.3 is 0 Å². The van der Waals surface area contributed by atoms with Crippen LogP contribution in [0.1, 0.15) is 11.1 Å². The van der Waals surface area contributed by atoms with Crippen molar-refractivity contribution in [2.24, 2.45) is 5.73 Å². The maximum absolute atomic E-state index is 12.2. The number of H-pyrrole nitrogens is 1. The molecular weight excluding hydrogens is 288 g/mol. The third-order valence-electron chi connectivity index (χ3n) is 2.59. The van der Waals surface area contributed by atoms with Crippen LogP contribution in [0.4, 0.5) is 5.69 Å². The number of halogens is 1. The van der Waals surface area contributed by atoms with E-state index in [0.29, 0.717) is 16.3 Å². The van der Waals surface area contributed by atoms with E-state index in [0.717, 1.165) is 5.56 Å². The number of nitrogens with zero attached hydrogens (tertiary/aromatic N) is 1. The van der Waals surface area contributed by atoms with Gasteiger partial charge in [-0.3, -0.25) is 9.82 Å². The van der Waals surface area contributed by atoms with Gasteiger partial charge in [0.1, 0.15) is 0 Å². The van der Waals surface area contributed by atoms with Gasteiger partial charge in [-0.2, -0.15) is 13.5 Å². The molecule has 0 aliphatic rings. The summed E-state index contributed by atoms with van der Waals surface area (Å²) in [4.78, 5) is 0. The second-order valence-electron chi connectivity index (χ2n) is 4.00. The first-order valence-electron chi connectivity index (χ1n) is 5.45. The second kappa shape index (κ2) is 5.20. The molecule has 0 saturated heterocycles. The van der Waals surface area contributed by atoms with Gasteiger partial charge in [0.05, 0.1) is 11.9 Å². The summed E-state index contributed by atoms with van der Waals surface area (Å²) < 4.78 is 26.7. The molecule has 102 valence electrons. The average molecular weight is 301 g/mol. The lowest BCUT2D eigenvalue weighted by molar-refractivity contribution is 0.596. The van der Waals surface area contributed by atoms with Crippen LogP contribution in [0, 0.1) is 6.92 Å². The number of rotatable bonds is 4. The number of sulfonamides is 1. The predicted molar refractivity (Wildman–Crippen MR) is 73.5 cm³/mol. The molecule has 0 unspecified atom stereocenters. The van der Waals surface area contributed by atoms with Gasteiger partial charge in [-0.15, -0.1) is 0 Å². The molecule has 0 aliphatic heterocycles. The van der Waals surface area contributed by atoms with E-state index in [1.807, 2.05) is 6.92 Å². The molecule has 1 aromatic carbocycles. The molecule has 2 aromatic rings. The van der Waals surface area contributed by atoms with Crippen LogP contribution < -0.4 is 10.5 Å². The van der Waals surface area contributed by atoms with E-state index < -0.39 is 10.0 Å². The zero-order valence-electron chi connectivity index (χ0n) is 10.1. The third kappa shape index (κ3) is 2.89. The summed E-state index contributed by atoms with van der Waals surface area (Å²) in [5.41, 5.74) is 7.13. The summed E-state index contributed by atoms with van der Waals surface area (Å²) in [6, 6.07) is 4.92. The molecule has 19 heavy (non-hydrogen) atoms. The zero-order valence-corrected chi connectivity index (χ0v) is 11.7. The maximum Gasteiger partial charge on any atom is 0.279 e. The fraction of sp³-hybridized carbons (Fsp3) is 0.182. The summed E-state index contributed by atoms with van der Waals surface area (Å²) in [6.07, 6.45) is 1.39. The Kier molecular flexibility index (Phi) is 3.79. The first-order valence-corrected chi connectivity index (χ1v) is 7.31. The van der Waals surface area contributed by atoms with E-state index in [9.17, 15) is 8.42 Å². The lowest BCUT2D eigenvalue weighted by Crippen LogP contribution is -2.16. The van der Waals surface area contributed by atoms with Crippen molar-refractivity contribution in [3.8, 4) is 0 Å². The van der Waals surface area contributed by atoms with E-state index in [-0.39, 0.29) is 11.6 Å². The molecular formula is C11H13ClN4O2S. The van der Waals surface area contributed by atoms with Gasteiger partial charge in [0, 0.05) is 17.1 Å². The van der Waals surface area contributed by atoms with E-state index in [4.69, 9.17) is 17.3 Å². The Morgan fingerprint density at radius 3 is 2.84 bits per heavy atom. The van der Waals surface area contributed by atoms with Crippen LogP contribution in [0.3, 0.4) is 0 Å². The largest absolute Gasteiger partial charge is 0.326 e. The Labute approximate surface area is 116 Å². The quantitative estimate of drug-likeness (QED) is 0.799. The molecule has 2 rings (SSSR count). The molecule has 1 heterocycles. The SMILES string of the molecule is Cc1ccc(NS(=O)(=O)c2[nH]ncc2CN)cc1Cl. The monoisotopic (exact) mass is 300 g/mol. The third-order valence-corrected chi connectivity index (χ3v) is 4.39. The minimum Gasteiger partial charge on any atom is -0.326 e. The van der Waals surface area contributed by atoms with Crippen LogP contribution in [0.2, 0.25) is 5.02 Å². The number of anilines is 1. The van der Waals surface area contributed by atoms with Crippen molar-refractivity contribution < 1.29 is 8.42 Å². The average Bonchev–Trinajstić information content (AvgIpc) is 2.82. The number of hydrogen-bond acceptors (Lipinski definition) is 4. The number of nitrogens with two attached hydrogens (primary N) is 1. The van der Waals surface area contributed by atoms with Crippen LogP contribution in [0.5, 0.6) is 0 Å². The summed E-state index contributed by atoms with van der Waals surface area (Å²) in [6.45, 7) is 1.92. The molecule has 8 heteroatoms. The topological polar surface area (TPSA) is 101 Å². The van der Waals surface area contributed by atoms with Gasteiger partial charge in [-0.1, -0.05) is 17.7 Å². The van der Waals surface area contributed by atoms with Gasteiger partial charge in [0.15, 0.2) is 5.03 Å². The van der Waals surface area contributed by atoms with Gasteiger partial charge in [-0.05, 0) is 24.6 Å². The zero-order chi connectivity index (χ0) is 14.0. The van der Waals surface area contributed by atoms with Crippen molar-refractivity contribution >= 4 is 27.3 Å². The number of hydrogen-bond donors (Lipinski definition) is 3. The molecule has 6 nitrogen and oxygen atoms in total. The molecule has 0 atom stereocenters. The number of nitrogens with one attached hydrogen (secondary N) is 2. The Hall–Kier alpha value is -1.57. The fourth-order valence-corrected chi connectivity index (χ4v) is 2.91. The highest BCUT2D eigenvalue weighted by Gasteiger charge is 2.20. The molecule has 4 N–H and O–H groups in total. The number of benzene rings is 1. The van der Waals surface area contributed by atoms with Crippen LogP contribution in [-0.4, -0.2) is 18.6 Å². The molecule has 1 aromatic heterocycles. The van der Waals surface area contributed by atoms with Crippen LogP contribution in [0.15, 0.2) is 29.4 Å². The van der Waals surface area contributed by atoms with Crippen molar-refractivity contribution in [3.63, 3.8) is 0 Å². The van der Waals surface area contributed by atoms with Crippen molar-refractivity contribution in [3.05, 3.63) is 40.5 Å². The summed E-state index contributed by atoms with van der Waals surface area (Å²) in [5.74, 6) is 0. The highest BCUT2D eigenvalue weighted by atomic mass is 35.5. The van der Waals surface area contributed by atoms with Gasteiger partial charge in [-0.25, -0.2) is 0 Å². The van der Waals surface area contributed by atoms with Crippen molar-refractivity contribution in [1.82, 2.24) is 10.2 Å². The minimum atomic E-state index is -3.75. The first kappa shape index (κ1) is 13.9. The van der Waals surface area contributed by atoms with Gasteiger partial charge < -0.3 is 5.73 Å². The number of aromatic nitrogens is 2. The molecule has 0 fully saturated rings. The van der Waals surface area contributed by atoms with E-state index >= 15 is 0 Å². The van der Waals surface area contributed by atoms with E-state index in [1.54, 1.807) is 18.2 Å². The Morgan fingerprint density at radius 1 is 1.47 bits per heavy atom. The molecule has 0 amide bonds. The molecule has 0 radical (unpaired) electrons. The summed E-state index contributed by atoms with van der Waals surface area (Å²) in [5, 5.41) is 6.57. The molecule has 0 spiro atoms. The maximum atomic E-state index is 12.2. The second-order valence-corrected chi connectivity index (χ2v) is 6.02. The standard InChI is InChI=1S/C11H13ClN4O2S/c1-7-2-3-9(4-10(7)12)16-19(17,18)11-8(5-13)6-14-15-11/h2-4,6,16H,5,13H2,1H3,(H,14,15). The lowest BCUT2D eigenvalue weighted by atomic mass is 10.2. The van der Waals surface area contributed by atoms with Crippen molar-refractivity contribution in [2.75, 3.05) is 4.72 Å². The minimum absolute atomic E-state index is 0.0355. The van der Waals surface area contributed by atoms with Gasteiger partial charge in [0.25, 0.3) is 10.0 Å². The summed E-state index contributed by atoms with van der Waals surface area (Å²) >= 11 is 5.95. The predicted octanol–water partition coefficient (Wildman–Crippen LogP) is 1.63. The number of aromatic amines is 1. The van der Waals surface area contributed by atoms with Gasteiger partial charge in [0.2, 0.25) is 0 Å². The first-order chi connectivity index (χ1) is 8.94. The Morgan fingerprint density at radius 2 is 2.21 bits per heavy atom. The lowest BCUT2D eigenvalue weighted by Gasteiger charge is -2.08. The molecule has 0 saturated carbocycles. The summed E-state index contributed by atoms with van der Waals surface area (Å²) in [7, 11) is -3.75. The smallest absolute Gasteiger partial charge is 0.279 e. The Balaban J connectivity index is 2.34. The van der Waals surface area contributed by atoms with E-state index in [2.05, 4.69) is 14.9 Å². The highest BCUT2D eigenvalue weighted by molar-refractivity contribution is 7.92. The highest BCUT2D eigenvalue weighted by Crippen LogP contribution is 2.22. The van der Waals surface area contributed by atoms with E-state index in [1.165, 1.54) is 6.20 Å². The number of aryl methyl sites for hydroxylation is 1. The van der Waals surface area contributed by atoms with Crippen LogP contribution in [-0.2, 0) is 16.6 Å². The Bertz CT molecular complexity index is 696. The normalized spacial score (nSPS) is 11.5. The van der Waals surface area contributed by atoms with Crippen LogP contribution in [0.25, 0.3) is 0 Å². The molecule has 0 aliphatic carbocycles. The van der Waals surface area contributed by atoms with Crippen LogP contribution >= 0.6 is 11.6 Å².